The van der Waals surface area contributed by atoms with Gasteiger partial charge in [0, 0.05) is 38.7 Å². The Morgan fingerprint density at radius 3 is 2.69 bits per heavy atom. The van der Waals surface area contributed by atoms with Crippen molar-refractivity contribution in [3.05, 3.63) is 35.4 Å². The van der Waals surface area contributed by atoms with Gasteiger partial charge in [-0.25, -0.2) is 0 Å². The van der Waals surface area contributed by atoms with Gasteiger partial charge in [0.25, 0.3) is 5.91 Å². The van der Waals surface area contributed by atoms with Crippen molar-refractivity contribution in [2.45, 2.75) is 38.8 Å². The number of carbonyl (C=O) groups is 3. The predicted octanol–water partition coefficient (Wildman–Crippen LogP) is 1.76. The molecule has 142 valence electrons. The monoisotopic (exact) mass is 362 g/mol. The van der Waals surface area contributed by atoms with Gasteiger partial charge in [0.05, 0.1) is 6.61 Å². The van der Waals surface area contributed by atoms with E-state index in [1.54, 1.807) is 18.1 Å². The van der Waals surface area contributed by atoms with E-state index in [1.807, 2.05) is 18.2 Å². The first kappa shape index (κ1) is 19.9. The Hall–Kier alpha value is -2.41. The molecule has 7 nitrogen and oxygen atoms in total. The van der Waals surface area contributed by atoms with Crippen molar-refractivity contribution >= 4 is 17.8 Å². The summed E-state index contributed by atoms with van der Waals surface area (Å²) in [5.74, 6) is -1.31. The van der Waals surface area contributed by atoms with E-state index in [2.05, 4.69) is 0 Å². The summed E-state index contributed by atoms with van der Waals surface area (Å²) in [5, 5.41) is 9.02. The Labute approximate surface area is 153 Å². The highest BCUT2D eigenvalue weighted by molar-refractivity contribution is 5.94. The standard InChI is InChI=1S/C19H26N2O5/c1-14(22)21(12-18(23)24)17-7-4-9-20(10-8-17)19(25)16-6-3-5-15(11-16)13-26-2/h3,5-6,11,17H,4,7-10,12-13H2,1-2H3,(H,23,24)/t17-/m0/s1. The second-order valence-corrected chi connectivity index (χ2v) is 6.55. The van der Waals surface area contributed by atoms with E-state index in [4.69, 9.17) is 9.84 Å². The van der Waals surface area contributed by atoms with Crippen LogP contribution in [-0.2, 0) is 20.9 Å². The average molecular weight is 362 g/mol. The highest BCUT2D eigenvalue weighted by atomic mass is 16.5. The second kappa shape index (κ2) is 9.33. The lowest BCUT2D eigenvalue weighted by molar-refractivity contribution is -0.145. The molecular formula is C19H26N2O5. The third-order valence-corrected chi connectivity index (χ3v) is 4.62. The van der Waals surface area contributed by atoms with Crippen LogP contribution < -0.4 is 0 Å². The molecule has 1 aromatic rings. The fourth-order valence-corrected chi connectivity index (χ4v) is 3.38. The van der Waals surface area contributed by atoms with Gasteiger partial charge in [-0.1, -0.05) is 12.1 Å². The molecular weight excluding hydrogens is 336 g/mol. The van der Waals surface area contributed by atoms with Gasteiger partial charge in [-0.3, -0.25) is 14.4 Å². The molecule has 1 heterocycles. The van der Waals surface area contributed by atoms with Gasteiger partial charge in [0.1, 0.15) is 6.54 Å². The van der Waals surface area contributed by atoms with Crippen LogP contribution in [0.3, 0.4) is 0 Å². The minimum Gasteiger partial charge on any atom is -0.480 e. The number of methoxy groups -OCH3 is 1. The SMILES string of the molecule is COCc1cccc(C(=O)N2CCC[C@H](N(CC(=O)O)C(C)=O)CC2)c1. The number of amides is 2. The molecule has 1 atom stereocenters. The van der Waals surface area contributed by atoms with Crippen LogP contribution in [0.4, 0.5) is 0 Å². The zero-order valence-corrected chi connectivity index (χ0v) is 15.3. The number of nitrogens with zero attached hydrogens (tertiary/aromatic N) is 2. The van der Waals surface area contributed by atoms with E-state index in [0.717, 1.165) is 12.0 Å². The number of hydrogen-bond acceptors (Lipinski definition) is 4. The summed E-state index contributed by atoms with van der Waals surface area (Å²) < 4.78 is 5.11. The van der Waals surface area contributed by atoms with Crippen molar-refractivity contribution in [2.75, 3.05) is 26.7 Å². The Morgan fingerprint density at radius 1 is 1.27 bits per heavy atom. The van der Waals surface area contributed by atoms with Crippen molar-refractivity contribution in [1.29, 1.82) is 0 Å². The maximum atomic E-state index is 12.8. The van der Waals surface area contributed by atoms with E-state index in [1.165, 1.54) is 11.8 Å². The molecule has 0 spiro atoms. The molecule has 0 unspecified atom stereocenters. The lowest BCUT2D eigenvalue weighted by Crippen LogP contribution is -2.43. The summed E-state index contributed by atoms with van der Waals surface area (Å²) in [4.78, 5) is 38.8. The highest BCUT2D eigenvalue weighted by Gasteiger charge is 2.27. The minimum atomic E-state index is -1.02. The number of ether oxygens (including phenoxy) is 1. The molecule has 0 aliphatic carbocycles. The second-order valence-electron chi connectivity index (χ2n) is 6.55. The number of hydrogen-bond donors (Lipinski definition) is 1. The van der Waals surface area contributed by atoms with Crippen LogP contribution in [0, 0.1) is 0 Å². The molecule has 7 heteroatoms. The average Bonchev–Trinajstić information content (AvgIpc) is 2.85. The molecule has 1 aliphatic rings. The van der Waals surface area contributed by atoms with Crippen molar-refractivity contribution in [1.82, 2.24) is 9.80 Å². The van der Waals surface area contributed by atoms with Crippen molar-refractivity contribution < 1.29 is 24.2 Å². The van der Waals surface area contributed by atoms with Gasteiger partial charge in [0.2, 0.25) is 5.91 Å². The zero-order chi connectivity index (χ0) is 19.1. The summed E-state index contributed by atoms with van der Waals surface area (Å²) in [6.45, 7) is 2.64. The summed E-state index contributed by atoms with van der Waals surface area (Å²) in [6.07, 6.45) is 2.01. The Morgan fingerprint density at radius 2 is 2.04 bits per heavy atom. The fraction of sp³-hybridized carbons (Fsp3) is 0.526. The molecule has 0 aromatic heterocycles. The van der Waals surface area contributed by atoms with Crippen molar-refractivity contribution in [3.63, 3.8) is 0 Å². The lowest BCUT2D eigenvalue weighted by atomic mass is 10.1. The van der Waals surface area contributed by atoms with E-state index in [9.17, 15) is 14.4 Å². The maximum absolute atomic E-state index is 12.8. The van der Waals surface area contributed by atoms with E-state index in [0.29, 0.717) is 38.1 Å². The number of rotatable bonds is 6. The van der Waals surface area contributed by atoms with Crippen LogP contribution in [0.5, 0.6) is 0 Å². The van der Waals surface area contributed by atoms with Crippen LogP contribution in [0.15, 0.2) is 24.3 Å². The largest absolute Gasteiger partial charge is 0.480 e. The normalized spacial score (nSPS) is 17.5. The molecule has 0 saturated carbocycles. The number of carboxylic acids is 1. The first-order valence-corrected chi connectivity index (χ1v) is 8.78. The summed E-state index contributed by atoms with van der Waals surface area (Å²) in [5.41, 5.74) is 1.56. The Bertz CT molecular complexity index is 661. The van der Waals surface area contributed by atoms with Crippen molar-refractivity contribution in [3.8, 4) is 0 Å². The molecule has 26 heavy (non-hydrogen) atoms. The smallest absolute Gasteiger partial charge is 0.323 e. The summed E-state index contributed by atoms with van der Waals surface area (Å²) in [7, 11) is 1.61. The summed E-state index contributed by atoms with van der Waals surface area (Å²) >= 11 is 0. The molecule has 1 aliphatic heterocycles. The van der Waals surface area contributed by atoms with Gasteiger partial charge in [-0.15, -0.1) is 0 Å². The van der Waals surface area contributed by atoms with Crippen molar-refractivity contribution in [2.24, 2.45) is 0 Å². The molecule has 2 rings (SSSR count). The van der Waals surface area contributed by atoms with Crippen LogP contribution in [-0.4, -0.2) is 65.5 Å². The first-order valence-electron chi connectivity index (χ1n) is 8.78. The predicted molar refractivity (Wildman–Crippen MR) is 95.7 cm³/mol. The highest BCUT2D eigenvalue weighted by Crippen LogP contribution is 2.19. The van der Waals surface area contributed by atoms with Gasteiger partial charge < -0.3 is 19.6 Å². The third-order valence-electron chi connectivity index (χ3n) is 4.62. The summed E-state index contributed by atoms with van der Waals surface area (Å²) in [6, 6.07) is 7.22. The molecule has 2 amide bonds. The number of aliphatic carboxylic acids is 1. The van der Waals surface area contributed by atoms with Gasteiger partial charge in [-0.05, 0) is 37.0 Å². The maximum Gasteiger partial charge on any atom is 0.323 e. The molecule has 0 bridgehead atoms. The molecule has 1 saturated heterocycles. The van der Waals surface area contributed by atoms with Gasteiger partial charge >= 0.3 is 5.97 Å². The molecule has 1 aromatic carbocycles. The van der Waals surface area contributed by atoms with Crippen LogP contribution in [0.1, 0.15) is 42.1 Å². The number of likely N-dealkylation sites (tertiary alicyclic amines) is 1. The number of carboxylic acid groups (broad SMARTS) is 1. The van der Waals surface area contributed by atoms with E-state index < -0.39 is 5.97 Å². The minimum absolute atomic E-state index is 0.0452. The first-order chi connectivity index (χ1) is 12.4. The van der Waals surface area contributed by atoms with Gasteiger partial charge in [0.15, 0.2) is 0 Å². The lowest BCUT2D eigenvalue weighted by Gasteiger charge is -2.28. The Balaban J connectivity index is 2.05. The van der Waals surface area contributed by atoms with Crippen LogP contribution >= 0.6 is 0 Å². The molecule has 1 N–H and O–H groups in total. The molecule has 1 fully saturated rings. The van der Waals surface area contributed by atoms with Crippen LogP contribution in [0.25, 0.3) is 0 Å². The Kier molecular flexibility index (Phi) is 7.15. The quantitative estimate of drug-likeness (QED) is 0.833. The topological polar surface area (TPSA) is 87.2 Å². The van der Waals surface area contributed by atoms with E-state index in [-0.39, 0.29) is 24.4 Å². The third kappa shape index (κ3) is 5.29. The van der Waals surface area contributed by atoms with Crippen LogP contribution in [0.2, 0.25) is 0 Å². The molecule has 0 radical (unpaired) electrons. The number of benzene rings is 1. The van der Waals surface area contributed by atoms with Gasteiger partial charge in [-0.2, -0.15) is 0 Å². The fourth-order valence-electron chi connectivity index (χ4n) is 3.38. The number of carbonyl (C=O) groups excluding carboxylic acids is 2. The van der Waals surface area contributed by atoms with E-state index >= 15 is 0 Å². The zero-order valence-electron chi connectivity index (χ0n) is 15.3.